The molecule has 0 aliphatic carbocycles. The molecule has 2 heterocycles. The molecule has 1 aliphatic heterocycles. The second-order valence-corrected chi connectivity index (χ2v) is 8.05. The maximum absolute atomic E-state index is 12.7. The Morgan fingerprint density at radius 2 is 1.93 bits per heavy atom. The van der Waals surface area contributed by atoms with Crippen molar-refractivity contribution in [1.29, 1.82) is 10.8 Å². The van der Waals surface area contributed by atoms with Crippen LogP contribution in [-0.2, 0) is 10.2 Å². The Bertz CT molecular complexity index is 999. The van der Waals surface area contributed by atoms with Crippen LogP contribution in [0.4, 0.5) is 11.6 Å². The fourth-order valence-electron chi connectivity index (χ4n) is 3.53. The van der Waals surface area contributed by atoms with Crippen molar-refractivity contribution in [1.82, 2.24) is 9.97 Å². The third kappa shape index (κ3) is 3.72. The summed E-state index contributed by atoms with van der Waals surface area (Å²) in [5.41, 5.74) is 9.41. The zero-order valence-electron chi connectivity index (χ0n) is 18.9. The van der Waals surface area contributed by atoms with Crippen molar-refractivity contribution in [3.05, 3.63) is 40.3 Å². The van der Waals surface area contributed by atoms with Gasteiger partial charge >= 0.3 is 0 Å². The summed E-state index contributed by atoms with van der Waals surface area (Å²) >= 11 is 0. The summed E-state index contributed by atoms with van der Waals surface area (Å²) in [7, 11) is 0. The molecule has 1 amide bonds. The van der Waals surface area contributed by atoms with E-state index in [-0.39, 0.29) is 11.5 Å². The van der Waals surface area contributed by atoms with Gasteiger partial charge < -0.3 is 21.9 Å². The highest BCUT2D eigenvalue weighted by Gasteiger charge is 2.49. The molecule has 1 atom stereocenters. The highest BCUT2D eigenvalue weighted by atomic mass is 16.2. The maximum atomic E-state index is 12.7. The zero-order valence-corrected chi connectivity index (χ0v) is 18.9. The van der Waals surface area contributed by atoms with E-state index in [1.807, 2.05) is 19.9 Å². The van der Waals surface area contributed by atoms with Crippen LogP contribution in [0.2, 0.25) is 0 Å². The summed E-state index contributed by atoms with van der Waals surface area (Å²) in [6, 6.07) is 0. The molecule has 0 fully saturated rings. The van der Waals surface area contributed by atoms with E-state index in [0.717, 1.165) is 29.4 Å². The molecule has 7 heteroatoms. The normalized spacial score (nSPS) is 20.1. The lowest BCUT2D eigenvalue weighted by atomic mass is 9.80. The van der Waals surface area contributed by atoms with E-state index < -0.39 is 11.3 Å². The SMILES string of the molecule is C\C=C/C(C(=C(\C)CC)/c1nc(N)c2c(n1)NC(=O)C2(C)C(=N)C=N)=C(\C)C(C)C. The summed E-state index contributed by atoms with van der Waals surface area (Å²) in [5.74, 6) is 0.804. The highest BCUT2D eigenvalue weighted by molar-refractivity contribution is 6.41. The number of anilines is 2. The summed E-state index contributed by atoms with van der Waals surface area (Å²) in [6.07, 6.45) is 5.72. The quantitative estimate of drug-likeness (QED) is 0.386. The number of carbonyl (C=O) groups excluding carboxylic acids is 1. The summed E-state index contributed by atoms with van der Waals surface area (Å²) in [5, 5.41) is 18.3. The van der Waals surface area contributed by atoms with E-state index in [9.17, 15) is 4.79 Å². The van der Waals surface area contributed by atoms with Crippen molar-refractivity contribution in [2.75, 3.05) is 11.1 Å². The molecule has 1 aliphatic rings. The fourth-order valence-corrected chi connectivity index (χ4v) is 3.53. The van der Waals surface area contributed by atoms with E-state index in [0.29, 0.717) is 23.1 Å². The van der Waals surface area contributed by atoms with Crippen LogP contribution in [0.3, 0.4) is 0 Å². The summed E-state index contributed by atoms with van der Waals surface area (Å²) in [4.78, 5) is 22.0. The lowest BCUT2D eigenvalue weighted by Crippen LogP contribution is -2.40. The van der Waals surface area contributed by atoms with Gasteiger partial charge in [0.1, 0.15) is 17.1 Å². The van der Waals surface area contributed by atoms with Gasteiger partial charge in [-0.3, -0.25) is 4.79 Å². The van der Waals surface area contributed by atoms with E-state index >= 15 is 0 Å². The number of nitrogen functional groups attached to an aromatic ring is 1. The van der Waals surface area contributed by atoms with E-state index in [2.05, 4.69) is 49.1 Å². The van der Waals surface area contributed by atoms with Crippen molar-refractivity contribution >= 4 is 35.0 Å². The molecule has 0 spiro atoms. The number of nitrogens with zero attached hydrogens (tertiary/aromatic N) is 2. The number of aromatic nitrogens is 2. The highest BCUT2D eigenvalue weighted by Crippen LogP contribution is 2.42. The van der Waals surface area contributed by atoms with E-state index in [4.69, 9.17) is 16.6 Å². The first-order valence-electron chi connectivity index (χ1n) is 10.2. The molecule has 0 radical (unpaired) electrons. The number of fused-ring (bicyclic) bond motifs is 1. The van der Waals surface area contributed by atoms with Crippen LogP contribution in [0.1, 0.15) is 66.3 Å². The van der Waals surface area contributed by atoms with Gasteiger partial charge in [0.15, 0.2) is 5.82 Å². The average molecular weight is 409 g/mol. The Labute approximate surface area is 178 Å². The van der Waals surface area contributed by atoms with Crippen LogP contribution in [0, 0.1) is 16.7 Å². The Kier molecular flexibility index (Phi) is 6.75. The minimum Gasteiger partial charge on any atom is -0.383 e. The van der Waals surface area contributed by atoms with Crippen molar-refractivity contribution < 1.29 is 4.79 Å². The molecule has 1 aromatic rings. The lowest BCUT2D eigenvalue weighted by Gasteiger charge is -2.22. The molecule has 0 saturated heterocycles. The van der Waals surface area contributed by atoms with Crippen molar-refractivity contribution in [2.24, 2.45) is 5.92 Å². The summed E-state index contributed by atoms with van der Waals surface area (Å²) < 4.78 is 0. The Morgan fingerprint density at radius 3 is 2.43 bits per heavy atom. The third-order valence-electron chi connectivity index (χ3n) is 5.88. The van der Waals surface area contributed by atoms with Gasteiger partial charge in [-0.25, -0.2) is 9.97 Å². The van der Waals surface area contributed by atoms with Crippen molar-refractivity contribution in [2.45, 2.75) is 60.3 Å². The lowest BCUT2D eigenvalue weighted by molar-refractivity contribution is -0.118. The molecule has 0 bridgehead atoms. The topological polar surface area (TPSA) is 129 Å². The number of carbonyl (C=O) groups is 1. The number of nitrogens with one attached hydrogen (secondary N) is 3. The first-order valence-corrected chi connectivity index (χ1v) is 10.2. The second kappa shape index (κ2) is 8.73. The van der Waals surface area contributed by atoms with Gasteiger partial charge in [0, 0.05) is 11.8 Å². The number of hydrogen-bond donors (Lipinski definition) is 4. The van der Waals surface area contributed by atoms with Crippen LogP contribution in [0.5, 0.6) is 0 Å². The summed E-state index contributed by atoms with van der Waals surface area (Å²) in [6.45, 7) is 14.1. The van der Waals surface area contributed by atoms with E-state index in [1.165, 1.54) is 5.57 Å². The first-order chi connectivity index (χ1) is 14.0. The van der Waals surface area contributed by atoms with Crippen LogP contribution in [0.25, 0.3) is 5.57 Å². The van der Waals surface area contributed by atoms with Crippen LogP contribution in [-0.4, -0.2) is 27.8 Å². The molecule has 1 aromatic heterocycles. The van der Waals surface area contributed by atoms with Crippen molar-refractivity contribution in [3.63, 3.8) is 0 Å². The minimum atomic E-state index is -1.38. The molecule has 0 aromatic carbocycles. The average Bonchev–Trinajstić information content (AvgIpc) is 2.97. The zero-order chi connectivity index (χ0) is 22.8. The number of nitrogens with two attached hydrogens (primary N) is 1. The number of amides is 1. The Hall–Kier alpha value is -3.09. The number of rotatable bonds is 7. The van der Waals surface area contributed by atoms with Gasteiger partial charge in [-0.1, -0.05) is 44.1 Å². The van der Waals surface area contributed by atoms with Gasteiger partial charge in [0.25, 0.3) is 0 Å². The molecule has 2 rings (SSSR count). The molecular weight excluding hydrogens is 376 g/mol. The van der Waals surface area contributed by atoms with E-state index in [1.54, 1.807) is 6.92 Å². The maximum Gasteiger partial charge on any atom is 0.242 e. The predicted molar refractivity (Wildman–Crippen MR) is 124 cm³/mol. The predicted octanol–water partition coefficient (Wildman–Crippen LogP) is 4.67. The second-order valence-electron chi connectivity index (χ2n) is 8.05. The van der Waals surface area contributed by atoms with Crippen LogP contribution in [0.15, 0.2) is 28.9 Å². The molecule has 1 unspecified atom stereocenters. The molecular formula is C23H32N6O. The monoisotopic (exact) mass is 408 g/mol. The molecule has 7 nitrogen and oxygen atoms in total. The molecule has 5 N–H and O–H groups in total. The first kappa shape index (κ1) is 23.2. The number of hydrogen-bond acceptors (Lipinski definition) is 6. The fraction of sp³-hybridized carbons (Fsp3) is 0.435. The number of allylic oxidation sites excluding steroid dienone is 6. The Balaban J connectivity index is 2.84. The smallest absolute Gasteiger partial charge is 0.242 e. The molecule has 30 heavy (non-hydrogen) atoms. The van der Waals surface area contributed by atoms with Gasteiger partial charge in [-0.2, -0.15) is 0 Å². The van der Waals surface area contributed by atoms with Crippen molar-refractivity contribution in [3.8, 4) is 0 Å². The standard InChI is InChI=1S/C23H32N6O/c1-8-10-15(14(6)12(3)4)17(13(5)9-2)20-27-19(26)18-21(28-20)29-22(30)23(18,7)16(25)11-24/h8,10-12,24-25H,9H2,1-7H3,(H3,26,27,28,29,30)/b10-8-,15-14-,17-13-,24-11?,25-16?. The minimum absolute atomic E-state index is 0.144. The van der Waals surface area contributed by atoms with Gasteiger partial charge in [0.05, 0.1) is 11.3 Å². The van der Waals surface area contributed by atoms with Crippen LogP contribution < -0.4 is 11.1 Å². The van der Waals surface area contributed by atoms with Gasteiger partial charge in [-0.15, -0.1) is 0 Å². The van der Waals surface area contributed by atoms with Crippen LogP contribution >= 0.6 is 0 Å². The molecule has 160 valence electrons. The molecule has 0 saturated carbocycles. The largest absolute Gasteiger partial charge is 0.383 e. The van der Waals surface area contributed by atoms with Gasteiger partial charge in [0.2, 0.25) is 5.91 Å². The van der Waals surface area contributed by atoms with Gasteiger partial charge in [-0.05, 0) is 45.6 Å². The third-order valence-corrected chi connectivity index (χ3v) is 5.88. The Morgan fingerprint density at radius 1 is 1.30 bits per heavy atom.